The Balaban J connectivity index is 1.95. The highest BCUT2D eigenvalue weighted by Gasteiger charge is 2.28. The van der Waals surface area contributed by atoms with E-state index in [9.17, 15) is 9.59 Å². The monoisotopic (exact) mass is 283 g/mol. The summed E-state index contributed by atoms with van der Waals surface area (Å²) in [5.74, 6) is 5.33. The molecule has 1 atom stereocenters. The van der Waals surface area contributed by atoms with Gasteiger partial charge < -0.3 is 15.7 Å². The minimum atomic E-state index is -0.515. The second-order valence-electron chi connectivity index (χ2n) is 3.27. The van der Waals surface area contributed by atoms with E-state index in [0.717, 1.165) is 11.8 Å². The molecular formula is C10H9N3O3S2. The first-order valence-corrected chi connectivity index (χ1v) is 6.79. The number of aliphatic hydroxyl groups excluding tert-OH is 1. The Hall–Kier alpha value is -1.56. The van der Waals surface area contributed by atoms with Crippen LogP contribution in [0.5, 0.6) is 0 Å². The Labute approximate surface area is 111 Å². The summed E-state index contributed by atoms with van der Waals surface area (Å²) in [5, 5.41) is 13.9. The molecule has 2 amide bonds. The van der Waals surface area contributed by atoms with Gasteiger partial charge in [-0.3, -0.25) is 9.59 Å². The second kappa shape index (κ2) is 5.86. The third-order valence-corrected chi connectivity index (χ3v) is 3.72. The van der Waals surface area contributed by atoms with Gasteiger partial charge in [0.2, 0.25) is 5.91 Å². The van der Waals surface area contributed by atoms with Crippen LogP contribution >= 0.6 is 23.1 Å². The van der Waals surface area contributed by atoms with Crippen molar-refractivity contribution < 1.29 is 14.7 Å². The highest BCUT2D eigenvalue weighted by atomic mass is 32.2. The summed E-state index contributed by atoms with van der Waals surface area (Å²) < 4.78 is 0. The number of carbonyl (C=O) groups excluding carboxylic acids is 2. The van der Waals surface area contributed by atoms with Crippen LogP contribution in [0, 0.1) is 11.8 Å². The van der Waals surface area contributed by atoms with Gasteiger partial charge >= 0.3 is 0 Å². The largest absolute Gasteiger partial charge is 0.384 e. The van der Waals surface area contributed by atoms with Gasteiger partial charge in [0.25, 0.3) is 5.24 Å². The molecule has 18 heavy (non-hydrogen) atoms. The molecule has 1 aromatic heterocycles. The number of thiazole rings is 1. The quantitative estimate of drug-likeness (QED) is 0.677. The van der Waals surface area contributed by atoms with Gasteiger partial charge in [-0.05, 0) is 0 Å². The fourth-order valence-electron chi connectivity index (χ4n) is 1.23. The van der Waals surface area contributed by atoms with Crippen molar-refractivity contribution in [3.8, 4) is 11.8 Å². The van der Waals surface area contributed by atoms with Crippen molar-refractivity contribution in [3.05, 3.63) is 11.1 Å². The summed E-state index contributed by atoms with van der Waals surface area (Å²) in [6.45, 7) is -0.217. The molecule has 1 fully saturated rings. The number of hydrogen-bond donors (Lipinski definition) is 3. The Kier molecular flexibility index (Phi) is 4.19. The van der Waals surface area contributed by atoms with E-state index in [1.165, 1.54) is 17.5 Å². The molecule has 8 heteroatoms. The van der Waals surface area contributed by atoms with Crippen molar-refractivity contribution in [2.45, 2.75) is 6.04 Å². The zero-order valence-corrected chi connectivity index (χ0v) is 10.7. The van der Waals surface area contributed by atoms with Gasteiger partial charge in [-0.15, -0.1) is 0 Å². The number of aliphatic hydroxyl groups is 1. The van der Waals surface area contributed by atoms with Crippen LogP contribution in [0.15, 0.2) is 6.20 Å². The molecule has 1 aliphatic rings. The molecule has 3 N–H and O–H groups in total. The van der Waals surface area contributed by atoms with Crippen molar-refractivity contribution in [2.24, 2.45) is 0 Å². The number of rotatable bonds is 2. The average molecular weight is 283 g/mol. The fraction of sp³-hybridized carbons (Fsp3) is 0.300. The van der Waals surface area contributed by atoms with Crippen LogP contribution in [0.1, 0.15) is 4.88 Å². The summed E-state index contributed by atoms with van der Waals surface area (Å²) in [4.78, 5) is 27.3. The number of aromatic nitrogens is 1. The Morgan fingerprint density at radius 2 is 2.56 bits per heavy atom. The minimum Gasteiger partial charge on any atom is -0.384 e. The zero-order valence-electron chi connectivity index (χ0n) is 9.10. The van der Waals surface area contributed by atoms with E-state index in [1.807, 2.05) is 0 Å². The standard InChI is InChI=1S/C10H9N3O3S2/c14-3-1-2-6-4-11-9(18-6)13-8(15)7-5-17-10(16)12-7/h4,7,14H,3,5H2,(H,12,16)(H,11,13,15). The smallest absolute Gasteiger partial charge is 0.279 e. The number of nitrogens with one attached hydrogen (secondary N) is 2. The lowest BCUT2D eigenvalue weighted by molar-refractivity contribution is -0.117. The highest BCUT2D eigenvalue weighted by Crippen LogP contribution is 2.19. The number of carbonyl (C=O) groups is 2. The molecule has 1 aromatic rings. The minimum absolute atomic E-state index is 0.191. The molecule has 2 rings (SSSR count). The number of hydrogen-bond acceptors (Lipinski definition) is 6. The van der Waals surface area contributed by atoms with Gasteiger partial charge in [-0.1, -0.05) is 34.9 Å². The van der Waals surface area contributed by atoms with Gasteiger partial charge in [0.15, 0.2) is 5.13 Å². The maximum absolute atomic E-state index is 11.7. The highest BCUT2D eigenvalue weighted by molar-refractivity contribution is 8.14. The molecule has 0 spiro atoms. The summed E-state index contributed by atoms with van der Waals surface area (Å²) in [7, 11) is 0. The van der Waals surface area contributed by atoms with Gasteiger partial charge in [-0.25, -0.2) is 4.98 Å². The molecule has 6 nitrogen and oxygen atoms in total. The van der Waals surface area contributed by atoms with Gasteiger partial charge in [0.05, 0.1) is 11.1 Å². The first-order chi connectivity index (χ1) is 8.69. The molecule has 0 aliphatic carbocycles. The summed E-state index contributed by atoms with van der Waals surface area (Å²) in [5.41, 5.74) is 0. The Bertz CT molecular complexity index is 532. The lowest BCUT2D eigenvalue weighted by Gasteiger charge is -2.07. The van der Waals surface area contributed by atoms with Crippen molar-refractivity contribution >= 4 is 39.4 Å². The fourth-order valence-corrected chi connectivity index (χ4v) is 2.71. The molecule has 0 aromatic carbocycles. The van der Waals surface area contributed by atoms with E-state index in [0.29, 0.717) is 15.8 Å². The number of amides is 2. The Morgan fingerprint density at radius 1 is 1.72 bits per heavy atom. The lowest BCUT2D eigenvalue weighted by atomic mass is 10.3. The van der Waals surface area contributed by atoms with E-state index >= 15 is 0 Å². The summed E-state index contributed by atoms with van der Waals surface area (Å²) >= 11 is 2.30. The third-order valence-electron chi connectivity index (χ3n) is 2.02. The van der Waals surface area contributed by atoms with E-state index in [4.69, 9.17) is 5.11 Å². The summed E-state index contributed by atoms with van der Waals surface area (Å²) in [6, 6.07) is -0.515. The molecule has 1 unspecified atom stereocenters. The topological polar surface area (TPSA) is 91.3 Å². The van der Waals surface area contributed by atoms with Crippen molar-refractivity contribution in [3.63, 3.8) is 0 Å². The molecule has 0 radical (unpaired) electrons. The van der Waals surface area contributed by atoms with Crippen LogP contribution in [0.2, 0.25) is 0 Å². The van der Waals surface area contributed by atoms with Crippen molar-refractivity contribution in [2.75, 3.05) is 17.7 Å². The summed E-state index contributed by atoms with van der Waals surface area (Å²) in [6.07, 6.45) is 1.52. The molecule has 1 saturated heterocycles. The molecular weight excluding hydrogens is 274 g/mol. The predicted octanol–water partition coefficient (Wildman–Crippen LogP) is 0.250. The van der Waals surface area contributed by atoms with E-state index in [-0.39, 0.29) is 17.8 Å². The third kappa shape index (κ3) is 3.22. The van der Waals surface area contributed by atoms with Crippen LogP contribution in [-0.2, 0) is 4.79 Å². The SMILES string of the molecule is O=C1NC(C(=O)Nc2ncc(C#CCO)s2)CS1. The van der Waals surface area contributed by atoms with Crippen molar-refractivity contribution in [1.82, 2.24) is 10.3 Å². The van der Waals surface area contributed by atoms with Crippen LogP contribution in [0.4, 0.5) is 9.93 Å². The second-order valence-corrected chi connectivity index (χ2v) is 5.30. The van der Waals surface area contributed by atoms with Gasteiger partial charge in [0.1, 0.15) is 12.6 Å². The van der Waals surface area contributed by atoms with Gasteiger partial charge in [-0.2, -0.15) is 0 Å². The van der Waals surface area contributed by atoms with E-state index in [1.54, 1.807) is 0 Å². The lowest BCUT2D eigenvalue weighted by Crippen LogP contribution is -2.38. The molecule has 0 saturated carbocycles. The zero-order chi connectivity index (χ0) is 13.0. The number of nitrogens with zero attached hydrogens (tertiary/aromatic N) is 1. The molecule has 94 valence electrons. The number of anilines is 1. The molecule has 0 bridgehead atoms. The van der Waals surface area contributed by atoms with E-state index < -0.39 is 6.04 Å². The maximum Gasteiger partial charge on any atom is 0.279 e. The normalized spacial score (nSPS) is 17.8. The molecule has 1 aliphatic heterocycles. The Morgan fingerprint density at radius 3 is 3.22 bits per heavy atom. The van der Waals surface area contributed by atoms with E-state index in [2.05, 4.69) is 27.5 Å². The van der Waals surface area contributed by atoms with Crippen LogP contribution < -0.4 is 10.6 Å². The van der Waals surface area contributed by atoms with Crippen LogP contribution in [0.25, 0.3) is 0 Å². The van der Waals surface area contributed by atoms with Crippen LogP contribution in [-0.4, -0.2) is 39.6 Å². The predicted molar refractivity (Wildman–Crippen MR) is 69.5 cm³/mol. The first-order valence-electron chi connectivity index (χ1n) is 4.99. The number of thioether (sulfide) groups is 1. The van der Waals surface area contributed by atoms with Crippen molar-refractivity contribution in [1.29, 1.82) is 0 Å². The van der Waals surface area contributed by atoms with Crippen LogP contribution in [0.3, 0.4) is 0 Å². The average Bonchev–Trinajstić information content (AvgIpc) is 2.96. The maximum atomic E-state index is 11.7. The first kappa shape index (κ1) is 12.9. The molecule has 2 heterocycles. The van der Waals surface area contributed by atoms with Gasteiger partial charge in [0, 0.05) is 5.75 Å².